The van der Waals surface area contributed by atoms with Crippen molar-refractivity contribution in [1.29, 1.82) is 0 Å². The second kappa shape index (κ2) is 9.83. The number of nitrogens with zero attached hydrogens (tertiary/aromatic N) is 1. The molecule has 4 aromatic rings. The van der Waals surface area contributed by atoms with Gasteiger partial charge in [-0.2, -0.15) is 0 Å². The lowest BCUT2D eigenvalue weighted by atomic mass is 10.1. The molecule has 0 saturated heterocycles. The number of aryl methyl sites for hydroxylation is 3. The Labute approximate surface area is 192 Å². The third-order valence-corrected chi connectivity index (χ3v) is 6.26. The molecular formula is C26H27N3O2S. The van der Waals surface area contributed by atoms with E-state index in [1.165, 1.54) is 10.3 Å². The lowest BCUT2D eigenvalue weighted by molar-refractivity contribution is 0.250. The van der Waals surface area contributed by atoms with Crippen molar-refractivity contribution in [3.63, 3.8) is 0 Å². The Morgan fingerprint density at radius 2 is 1.75 bits per heavy atom. The number of fused-ring (bicyclic) bond motifs is 1. The molecule has 164 valence electrons. The van der Waals surface area contributed by atoms with Crippen LogP contribution in [-0.4, -0.2) is 24.2 Å². The van der Waals surface area contributed by atoms with Crippen LogP contribution in [-0.2, 0) is 0 Å². The lowest BCUT2D eigenvalue weighted by Gasteiger charge is -2.12. The number of amides is 2. The van der Waals surface area contributed by atoms with E-state index in [4.69, 9.17) is 9.72 Å². The zero-order valence-corrected chi connectivity index (χ0v) is 19.4. The summed E-state index contributed by atoms with van der Waals surface area (Å²) in [6.45, 7) is 7.26. The zero-order chi connectivity index (χ0) is 22.5. The predicted molar refractivity (Wildman–Crippen MR) is 133 cm³/mol. The van der Waals surface area contributed by atoms with E-state index in [-0.39, 0.29) is 6.03 Å². The quantitative estimate of drug-likeness (QED) is 0.320. The van der Waals surface area contributed by atoms with Gasteiger partial charge < -0.3 is 15.4 Å². The molecule has 0 aliphatic carbocycles. The Hall–Kier alpha value is -3.38. The minimum atomic E-state index is -0.222. The van der Waals surface area contributed by atoms with Crippen LogP contribution >= 0.6 is 11.3 Å². The van der Waals surface area contributed by atoms with Crippen LogP contribution in [0.25, 0.3) is 20.8 Å². The second-order valence-electron chi connectivity index (χ2n) is 7.87. The van der Waals surface area contributed by atoms with Crippen molar-refractivity contribution >= 4 is 33.3 Å². The van der Waals surface area contributed by atoms with Gasteiger partial charge in [0.2, 0.25) is 0 Å². The standard InChI is InChI=1S/C26H27N3O2S/c1-17-8-13-22-23(16-17)32-25(29-22)20-9-11-21(12-10-20)28-26(30)27-14-5-15-31-24-18(2)6-4-7-19(24)3/h4,6-13,16H,5,14-15H2,1-3H3,(H2,27,28,30). The molecule has 6 heteroatoms. The SMILES string of the molecule is Cc1ccc2nc(-c3ccc(NC(=O)NCCCOc4c(C)cccc4C)cc3)sc2c1. The van der Waals surface area contributed by atoms with Crippen molar-refractivity contribution in [2.24, 2.45) is 0 Å². The first-order valence-electron chi connectivity index (χ1n) is 10.7. The van der Waals surface area contributed by atoms with Crippen molar-refractivity contribution in [3.8, 4) is 16.3 Å². The van der Waals surface area contributed by atoms with Gasteiger partial charge >= 0.3 is 6.03 Å². The fraction of sp³-hybridized carbons (Fsp3) is 0.231. The number of hydrogen-bond acceptors (Lipinski definition) is 4. The Morgan fingerprint density at radius 3 is 2.50 bits per heavy atom. The van der Waals surface area contributed by atoms with Crippen molar-refractivity contribution in [3.05, 3.63) is 77.4 Å². The monoisotopic (exact) mass is 445 g/mol. The number of carbonyl (C=O) groups excluding carboxylic acids is 1. The van der Waals surface area contributed by atoms with Crippen LogP contribution in [0, 0.1) is 20.8 Å². The molecule has 0 atom stereocenters. The third kappa shape index (κ3) is 5.26. The second-order valence-corrected chi connectivity index (χ2v) is 8.90. The summed E-state index contributed by atoms with van der Waals surface area (Å²) in [6, 6.07) is 19.9. The zero-order valence-electron chi connectivity index (χ0n) is 18.6. The van der Waals surface area contributed by atoms with E-state index < -0.39 is 0 Å². The molecule has 0 spiro atoms. The maximum atomic E-state index is 12.2. The molecule has 2 N–H and O–H groups in total. The Morgan fingerprint density at radius 1 is 1.00 bits per heavy atom. The summed E-state index contributed by atoms with van der Waals surface area (Å²) in [6.07, 6.45) is 0.733. The Balaban J connectivity index is 1.24. The van der Waals surface area contributed by atoms with Crippen molar-refractivity contribution in [2.45, 2.75) is 27.2 Å². The molecule has 0 unspecified atom stereocenters. The Bertz CT molecular complexity index is 1210. The minimum Gasteiger partial charge on any atom is -0.493 e. The number of nitrogens with one attached hydrogen (secondary N) is 2. The molecule has 0 aliphatic heterocycles. The van der Waals surface area contributed by atoms with E-state index in [2.05, 4.69) is 35.8 Å². The average Bonchev–Trinajstić information content (AvgIpc) is 3.19. The number of rotatable bonds is 7. The van der Waals surface area contributed by atoms with Crippen LogP contribution in [0.1, 0.15) is 23.1 Å². The first kappa shape index (κ1) is 21.8. The van der Waals surface area contributed by atoms with E-state index in [1.807, 2.05) is 56.3 Å². The number of para-hydroxylation sites is 1. The first-order valence-corrected chi connectivity index (χ1v) is 11.5. The van der Waals surface area contributed by atoms with Crippen LogP contribution in [0.15, 0.2) is 60.7 Å². The maximum absolute atomic E-state index is 12.2. The topological polar surface area (TPSA) is 63.2 Å². The summed E-state index contributed by atoms with van der Waals surface area (Å²) in [5.41, 5.74) is 6.28. The van der Waals surface area contributed by atoms with Crippen LogP contribution in [0.4, 0.5) is 10.5 Å². The van der Waals surface area contributed by atoms with Gasteiger partial charge in [0.05, 0.1) is 16.8 Å². The summed E-state index contributed by atoms with van der Waals surface area (Å²) in [7, 11) is 0. The highest BCUT2D eigenvalue weighted by atomic mass is 32.1. The third-order valence-electron chi connectivity index (χ3n) is 5.20. The minimum absolute atomic E-state index is 0.222. The van der Waals surface area contributed by atoms with Gasteiger partial charge in [-0.05, 0) is 80.3 Å². The summed E-state index contributed by atoms with van der Waals surface area (Å²) >= 11 is 1.68. The smallest absolute Gasteiger partial charge is 0.319 e. The van der Waals surface area contributed by atoms with E-state index in [1.54, 1.807) is 11.3 Å². The van der Waals surface area contributed by atoms with Crippen molar-refractivity contribution in [2.75, 3.05) is 18.5 Å². The molecular weight excluding hydrogens is 418 g/mol. The van der Waals surface area contributed by atoms with Gasteiger partial charge in [0, 0.05) is 17.8 Å². The summed E-state index contributed by atoms with van der Waals surface area (Å²) in [5, 5.41) is 6.73. The highest BCUT2D eigenvalue weighted by molar-refractivity contribution is 7.21. The van der Waals surface area contributed by atoms with Gasteiger partial charge in [-0.3, -0.25) is 0 Å². The molecule has 2 amide bonds. The van der Waals surface area contributed by atoms with E-state index in [0.29, 0.717) is 13.2 Å². The molecule has 0 aliphatic rings. The number of ether oxygens (including phenoxy) is 1. The molecule has 32 heavy (non-hydrogen) atoms. The first-order chi connectivity index (χ1) is 15.5. The molecule has 0 fully saturated rings. The number of hydrogen-bond donors (Lipinski definition) is 2. The van der Waals surface area contributed by atoms with Crippen LogP contribution < -0.4 is 15.4 Å². The summed E-state index contributed by atoms with van der Waals surface area (Å²) in [5.74, 6) is 0.931. The van der Waals surface area contributed by atoms with Crippen molar-refractivity contribution in [1.82, 2.24) is 10.3 Å². The highest BCUT2D eigenvalue weighted by Gasteiger charge is 2.08. The fourth-order valence-corrected chi connectivity index (χ4v) is 4.57. The number of benzene rings is 3. The van der Waals surface area contributed by atoms with Gasteiger partial charge in [-0.1, -0.05) is 24.3 Å². The van der Waals surface area contributed by atoms with Gasteiger partial charge in [0.15, 0.2) is 0 Å². The molecule has 1 heterocycles. The van der Waals surface area contributed by atoms with E-state index >= 15 is 0 Å². The average molecular weight is 446 g/mol. The van der Waals surface area contributed by atoms with Crippen LogP contribution in [0.5, 0.6) is 5.75 Å². The van der Waals surface area contributed by atoms with Crippen LogP contribution in [0.3, 0.4) is 0 Å². The molecule has 0 bridgehead atoms. The predicted octanol–water partition coefficient (Wildman–Crippen LogP) is 6.48. The number of thiazole rings is 1. The fourth-order valence-electron chi connectivity index (χ4n) is 3.50. The van der Waals surface area contributed by atoms with E-state index in [0.717, 1.165) is 45.1 Å². The highest BCUT2D eigenvalue weighted by Crippen LogP contribution is 2.31. The van der Waals surface area contributed by atoms with Gasteiger partial charge in [-0.15, -0.1) is 11.3 Å². The normalized spacial score (nSPS) is 10.8. The number of urea groups is 1. The van der Waals surface area contributed by atoms with Crippen molar-refractivity contribution < 1.29 is 9.53 Å². The molecule has 1 aromatic heterocycles. The maximum Gasteiger partial charge on any atom is 0.319 e. The number of anilines is 1. The van der Waals surface area contributed by atoms with Gasteiger partial charge in [0.1, 0.15) is 10.8 Å². The molecule has 0 radical (unpaired) electrons. The lowest BCUT2D eigenvalue weighted by Crippen LogP contribution is -2.30. The molecule has 4 rings (SSSR count). The Kier molecular flexibility index (Phi) is 6.71. The largest absolute Gasteiger partial charge is 0.493 e. The van der Waals surface area contributed by atoms with Gasteiger partial charge in [0.25, 0.3) is 0 Å². The molecule has 5 nitrogen and oxygen atoms in total. The summed E-state index contributed by atoms with van der Waals surface area (Å²) in [4.78, 5) is 16.9. The molecule has 3 aromatic carbocycles. The van der Waals surface area contributed by atoms with Crippen LogP contribution in [0.2, 0.25) is 0 Å². The van der Waals surface area contributed by atoms with E-state index in [9.17, 15) is 4.79 Å². The summed E-state index contributed by atoms with van der Waals surface area (Å²) < 4.78 is 7.06. The number of carbonyl (C=O) groups is 1. The molecule has 0 saturated carbocycles. The number of aromatic nitrogens is 1. The van der Waals surface area contributed by atoms with Gasteiger partial charge in [-0.25, -0.2) is 9.78 Å².